The van der Waals surface area contributed by atoms with Gasteiger partial charge in [-0.2, -0.15) is 0 Å². The average molecular weight is 539 g/mol. The maximum atomic E-state index is 13.7. The van der Waals surface area contributed by atoms with Crippen molar-refractivity contribution in [1.82, 2.24) is 19.9 Å². The summed E-state index contributed by atoms with van der Waals surface area (Å²) in [5.41, 5.74) is 9.85. The summed E-state index contributed by atoms with van der Waals surface area (Å²) in [5.74, 6) is -0.473. The standard InChI is InChI=1S/C32H34N4O4/c1-4-20-8-9-26(31-25(20)13-15-40-31)32(39)35-14-12-21-6-7-22(16-23(21)18-35)27(17-29(37)38)24-10-11-28-30(19(24)3)33-34-36(28)5-2/h6-11,16,27H,4-5,12-15,17-18H2,1-3H3,(H,37,38). The first kappa shape index (κ1) is 26.0. The van der Waals surface area contributed by atoms with E-state index in [1.807, 2.05) is 47.7 Å². The number of fused-ring (bicyclic) bond motifs is 3. The summed E-state index contributed by atoms with van der Waals surface area (Å²) in [6.45, 7) is 8.58. The van der Waals surface area contributed by atoms with Gasteiger partial charge in [-0.3, -0.25) is 9.59 Å². The average Bonchev–Trinajstić information content (AvgIpc) is 3.63. The molecule has 2 aliphatic rings. The summed E-state index contributed by atoms with van der Waals surface area (Å²) in [6.07, 6.45) is 2.48. The molecule has 1 unspecified atom stereocenters. The minimum Gasteiger partial charge on any atom is -0.492 e. The van der Waals surface area contributed by atoms with E-state index < -0.39 is 5.97 Å². The van der Waals surface area contributed by atoms with E-state index >= 15 is 0 Å². The first-order chi connectivity index (χ1) is 19.4. The third-order valence-corrected chi connectivity index (χ3v) is 8.54. The van der Waals surface area contributed by atoms with Crippen LogP contribution in [0, 0.1) is 6.92 Å². The number of aryl methyl sites for hydroxylation is 3. The van der Waals surface area contributed by atoms with Gasteiger partial charge < -0.3 is 14.7 Å². The second kappa shape index (κ2) is 10.4. The number of hydrogen-bond acceptors (Lipinski definition) is 5. The van der Waals surface area contributed by atoms with Crippen molar-refractivity contribution < 1.29 is 19.4 Å². The highest BCUT2D eigenvalue weighted by Gasteiger charge is 2.29. The third-order valence-electron chi connectivity index (χ3n) is 8.54. The molecular weight excluding hydrogens is 504 g/mol. The molecule has 0 spiro atoms. The predicted molar refractivity (Wildman–Crippen MR) is 152 cm³/mol. The number of aliphatic carboxylic acids is 1. The van der Waals surface area contributed by atoms with Crippen LogP contribution in [0.3, 0.4) is 0 Å². The van der Waals surface area contributed by atoms with Gasteiger partial charge in [0.05, 0.1) is 24.1 Å². The van der Waals surface area contributed by atoms with Crippen molar-refractivity contribution in [3.8, 4) is 5.75 Å². The van der Waals surface area contributed by atoms with E-state index in [0.29, 0.717) is 31.8 Å². The number of carboxylic acids is 1. The Kier molecular flexibility index (Phi) is 6.78. The fraction of sp³-hybridized carbons (Fsp3) is 0.375. The molecule has 1 aromatic heterocycles. The fourth-order valence-corrected chi connectivity index (χ4v) is 6.38. The quantitative estimate of drug-likeness (QED) is 0.353. The van der Waals surface area contributed by atoms with E-state index in [1.165, 1.54) is 11.1 Å². The van der Waals surface area contributed by atoms with E-state index in [-0.39, 0.29) is 18.2 Å². The zero-order valence-corrected chi connectivity index (χ0v) is 23.2. The van der Waals surface area contributed by atoms with Crippen molar-refractivity contribution in [2.24, 2.45) is 0 Å². The highest BCUT2D eigenvalue weighted by molar-refractivity contribution is 5.98. The lowest BCUT2D eigenvalue weighted by atomic mass is 9.83. The van der Waals surface area contributed by atoms with Gasteiger partial charge in [-0.25, -0.2) is 4.68 Å². The minimum atomic E-state index is -0.861. The van der Waals surface area contributed by atoms with E-state index in [0.717, 1.165) is 63.9 Å². The van der Waals surface area contributed by atoms with Crippen LogP contribution < -0.4 is 4.74 Å². The largest absolute Gasteiger partial charge is 0.492 e. The number of ether oxygens (including phenoxy) is 1. The maximum absolute atomic E-state index is 13.7. The van der Waals surface area contributed by atoms with Crippen molar-refractivity contribution in [3.05, 3.63) is 87.0 Å². The summed E-state index contributed by atoms with van der Waals surface area (Å²) in [5, 5.41) is 18.5. The van der Waals surface area contributed by atoms with Crippen LogP contribution in [0.15, 0.2) is 42.5 Å². The Morgan fingerprint density at radius 3 is 2.70 bits per heavy atom. The third kappa shape index (κ3) is 4.41. The number of nitrogens with zero attached hydrogens (tertiary/aromatic N) is 4. The van der Waals surface area contributed by atoms with Crippen LogP contribution in [0.2, 0.25) is 0 Å². The number of rotatable bonds is 7. The predicted octanol–water partition coefficient (Wildman–Crippen LogP) is 5.06. The number of amides is 1. The highest BCUT2D eigenvalue weighted by Crippen LogP contribution is 2.37. The normalized spacial score (nSPS) is 15.0. The van der Waals surface area contributed by atoms with Gasteiger partial charge in [0.25, 0.3) is 5.91 Å². The Labute approximate surface area is 233 Å². The van der Waals surface area contributed by atoms with Crippen LogP contribution in [0.5, 0.6) is 5.75 Å². The summed E-state index contributed by atoms with van der Waals surface area (Å²) in [6, 6.07) is 14.2. The minimum absolute atomic E-state index is 0.0146. The van der Waals surface area contributed by atoms with Crippen LogP contribution in [0.4, 0.5) is 0 Å². The van der Waals surface area contributed by atoms with Crippen LogP contribution in [0.1, 0.15) is 75.5 Å². The summed E-state index contributed by atoms with van der Waals surface area (Å²) >= 11 is 0. The van der Waals surface area contributed by atoms with Crippen LogP contribution in [0.25, 0.3) is 11.0 Å². The molecule has 0 radical (unpaired) electrons. The van der Waals surface area contributed by atoms with E-state index in [1.54, 1.807) is 0 Å². The van der Waals surface area contributed by atoms with Gasteiger partial charge in [0.1, 0.15) is 11.3 Å². The molecule has 0 saturated carbocycles. The van der Waals surface area contributed by atoms with Crippen molar-refractivity contribution in [2.45, 2.75) is 65.5 Å². The van der Waals surface area contributed by atoms with E-state index in [4.69, 9.17) is 4.74 Å². The van der Waals surface area contributed by atoms with Crippen LogP contribution in [-0.2, 0) is 37.1 Å². The van der Waals surface area contributed by atoms with Crippen molar-refractivity contribution >= 4 is 22.9 Å². The number of hydrogen-bond donors (Lipinski definition) is 1. The smallest absolute Gasteiger partial charge is 0.304 e. The van der Waals surface area contributed by atoms with Crippen LogP contribution in [-0.4, -0.2) is 50.0 Å². The molecule has 0 aliphatic carbocycles. The van der Waals surface area contributed by atoms with Gasteiger partial charge in [0.2, 0.25) is 0 Å². The lowest BCUT2D eigenvalue weighted by Crippen LogP contribution is -2.36. The molecule has 4 aromatic rings. The number of benzene rings is 3. The first-order valence-electron chi connectivity index (χ1n) is 14.1. The van der Waals surface area contributed by atoms with Crippen molar-refractivity contribution in [1.29, 1.82) is 0 Å². The lowest BCUT2D eigenvalue weighted by Gasteiger charge is -2.30. The molecule has 3 aromatic carbocycles. The van der Waals surface area contributed by atoms with E-state index in [9.17, 15) is 14.7 Å². The van der Waals surface area contributed by atoms with Gasteiger partial charge in [0.15, 0.2) is 0 Å². The van der Waals surface area contributed by atoms with E-state index in [2.05, 4.69) is 35.4 Å². The second-order valence-electron chi connectivity index (χ2n) is 10.7. The van der Waals surface area contributed by atoms with Crippen molar-refractivity contribution in [3.63, 3.8) is 0 Å². The molecule has 0 fully saturated rings. The Morgan fingerprint density at radius 2 is 1.93 bits per heavy atom. The van der Waals surface area contributed by atoms with Gasteiger partial charge in [0, 0.05) is 37.5 Å². The molecule has 8 nitrogen and oxygen atoms in total. The SMILES string of the molecule is CCc1ccc(C(=O)N2CCc3ccc(C(CC(=O)O)c4ccc5c(nnn5CC)c4C)cc3C2)c2c1CCO2. The molecule has 0 saturated heterocycles. The molecule has 6 rings (SSSR count). The first-order valence-corrected chi connectivity index (χ1v) is 14.1. The maximum Gasteiger partial charge on any atom is 0.304 e. The fourth-order valence-electron chi connectivity index (χ4n) is 6.38. The zero-order chi connectivity index (χ0) is 28.0. The Balaban J connectivity index is 1.33. The Bertz CT molecular complexity index is 1640. The topological polar surface area (TPSA) is 97.5 Å². The monoisotopic (exact) mass is 538 g/mol. The molecule has 40 heavy (non-hydrogen) atoms. The molecule has 8 heteroatoms. The molecular formula is C32H34N4O4. The van der Waals surface area contributed by atoms with Gasteiger partial charge in [-0.05, 0) is 72.2 Å². The Morgan fingerprint density at radius 1 is 1.07 bits per heavy atom. The van der Waals surface area contributed by atoms with Gasteiger partial charge >= 0.3 is 5.97 Å². The summed E-state index contributed by atoms with van der Waals surface area (Å²) in [4.78, 5) is 27.6. The Hall–Kier alpha value is -4.20. The molecule has 206 valence electrons. The highest BCUT2D eigenvalue weighted by atomic mass is 16.5. The number of carboxylic acid groups (broad SMARTS) is 1. The van der Waals surface area contributed by atoms with Gasteiger partial charge in [-0.15, -0.1) is 5.10 Å². The number of carbonyl (C=O) groups is 2. The van der Waals surface area contributed by atoms with Crippen LogP contribution >= 0.6 is 0 Å². The molecule has 1 atom stereocenters. The number of carbonyl (C=O) groups excluding carboxylic acids is 1. The second-order valence-corrected chi connectivity index (χ2v) is 10.7. The lowest BCUT2D eigenvalue weighted by molar-refractivity contribution is -0.137. The molecule has 1 N–H and O–H groups in total. The van der Waals surface area contributed by atoms with Gasteiger partial charge in [-0.1, -0.05) is 42.5 Å². The number of aromatic nitrogens is 3. The molecule has 3 heterocycles. The summed E-state index contributed by atoms with van der Waals surface area (Å²) < 4.78 is 7.77. The van der Waals surface area contributed by atoms with Crippen molar-refractivity contribution in [2.75, 3.05) is 13.2 Å². The molecule has 0 bridgehead atoms. The zero-order valence-electron chi connectivity index (χ0n) is 23.2. The molecule has 1 amide bonds. The molecule has 2 aliphatic heterocycles. The summed E-state index contributed by atoms with van der Waals surface area (Å²) in [7, 11) is 0.